The van der Waals surface area contributed by atoms with Crippen LogP contribution in [0.3, 0.4) is 0 Å². The Labute approximate surface area is 127 Å². The zero-order valence-electron chi connectivity index (χ0n) is 13.4. The highest BCUT2D eigenvalue weighted by atomic mass is 16.3. The van der Waals surface area contributed by atoms with Gasteiger partial charge in [-0.15, -0.1) is 0 Å². The van der Waals surface area contributed by atoms with Gasteiger partial charge in [-0.2, -0.15) is 0 Å². The number of aromatic nitrogens is 1. The summed E-state index contributed by atoms with van der Waals surface area (Å²) in [5, 5.41) is 3.66. The van der Waals surface area contributed by atoms with E-state index in [9.17, 15) is 0 Å². The van der Waals surface area contributed by atoms with Crippen LogP contribution in [-0.4, -0.2) is 11.0 Å². The SMILES string of the molecule is CCC(C)CC(CC)Nc1ccc2oc(C3CC3)nc2c1. The summed E-state index contributed by atoms with van der Waals surface area (Å²) >= 11 is 0. The summed E-state index contributed by atoms with van der Waals surface area (Å²) in [7, 11) is 0. The minimum atomic E-state index is 0.534. The summed E-state index contributed by atoms with van der Waals surface area (Å²) < 4.78 is 5.82. The maximum Gasteiger partial charge on any atom is 0.198 e. The normalized spacial score (nSPS) is 17.9. The van der Waals surface area contributed by atoms with Gasteiger partial charge in [0.05, 0.1) is 0 Å². The summed E-state index contributed by atoms with van der Waals surface area (Å²) in [6.07, 6.45) is 6.06. The monoisotopic (exact) mass is 286 g/mol. The Kier molecular flexibility index (Phi) is 4.18. The van der Waals surface area contributed by atoms with Gasteiger partial charge in [0.15, 0.2) is 11.5 Å². The third kappa shape index (κ3) is 3.39. The lowest BCUT2D eigenvalue weighted by atomic mass is 9.97. The van der Waals surface area contributed by atoms with E-state index in [0.717, 1.165) is 35.0 Å². The van der Waals surface area contributed by atoms with Crippen LogP contribution < -0.4 is 5.32 Å². The van der Waals surface area contributed by atoms with E-state index >= 15 is 0 Å². The topological polar surface area (TPSA) is 38.1 Å². The number of hydrogen-bond acceptors (Lipinski definition) is 3. The zero-order chi connectivity index (χ0) is 14.8. The van der Waals surface area contributed by atoms with Crippen molar-refractivity contribution < 1.29 is 4.42 Å². The lowest BCUT2D eigenvalue weighted by Gasteiger charge is -2.21. The molecular formula is C18H26N2O. The van der Waals surface area contributed by atoms with Crippen LogP contribution in [0.2, 0.25) is 0 Å². The number of oxazole rings is 1. The molecule has 3 nitrogen and oxygen atoms in total. The molecule has 1 aromatic heterocycles. The van der Waals surface area contributed by atoms with Gasteiger partial charge >= 0.3 is 0 Å². The van der Waals surface area contributed by atoms with E-state index in [1.54, 1.807) is 0 Å². The molecule has 0 bridgehead atoms. The third-order valence-electron chi connectivity index (χ3n) is 4.58. The first-order valence-corrected chi connectivity index (χ1v) is 8.36. The Balaban J connectivity index is 1.73. The molecule has 1 aromatic carbocycles. The Bertz CT molecular complexity index is 600. The Hall–Kier alpha value is -1.51. The average molecular weight is 286 g/mol. The first-order chi connectivity index (χ1) is 10.2. The average Bonchev–Trinajstić information content (AvgIpc) is 3.26. The van der Waals surface area contributed by atoms with Gasteiger partial charge in [0.1, 0.15) is 5.52 Å². The fourth-order valence-electron chi connectivity index (χ4n) is 2.76. The molecule has 3 heteroatoms. The highest BCUT2D eigenvalue weighted by Crippen LogP contribution is 2.40. The molecule has 1 aliphatic rings. The van der Waals surface area contributed by atoms with Crippen LogP contribution in [-0.2, 0) is 0 Å². The van der Waals surface area contributed by atoms with Crippen LogP contribution in [0.5, 0.6) is 0 Å². The van der Waals surface area contributed by atoms with Crippen molar-refractivity contribution in [3.8, 4) is 0 Å². The zero-order valence-corrected chi connectivity index (χ0v) is 13.4. The Morgan fingerprint density at radius 3 is 2.76 bits per heavy atom. The van der Waals surface area contributed by atoms with Crippen LogP contribution in [0.25, 0.3) is 11.1 Å². The summed E-state index contributed by atoms with van der Waals surface area (Å²) in [4.78, 5) is 4.64. The molecule has 0 spiro atoms. The van der Waals surface area contributed by atoms with E-state index in [0.29, 0.717) is 12.0 Å². The van der Waals surface area contributed by atoms with Crippen molar-refractivity contribution in [2.75, 3.05) is 5.32 Å². The van der Waals surface area contributed by atoms with Gasteiger partial charge < -0.3 is 9.73 Å². The number of hydrogen-bond donors (Lipinski definition) is 1. The number of fused-ring (bicyclic) bond motifs is 1. The summed E-state index contributed by atoms with van der Waals surface area (Å²) in [5.74, 6) is 2.26. The molecule has 114 valence electrons. The van der Waals surface area contributed by atoms with Gasteiger partial charge in [-0.3, -0.25) is 0 Å². The molecule has 2 unspecified atom stereocenters. The van der Waals surface area contributed by atoms with E-state index in [2.05, 4.69) is 43.2 Å². The molecule has 1 heterocycles. The standard InChI is InChI=1S/C18H26N2O/c1-4-12(3)10-14(5-2)19-15-8-9-17-16(11-15)20-18(21-17)13-6-7-13/h8-9,11-14,19H,4-7,10H2,1-3H3. The number of nitrogens with one attached hydrogen (secondary N) is 1. The van der Waals surface area contributed by atoms with Gasteiger partial charge in [-0.25, -0.2) is 4.98 Å². The number of benzene rings is 1. The van der Waals surface area contributed by atoms with Crippen molar-refractivity contribution in [3.05, 3.63) is 24.1 Å². The molecule has 1 N–H and O–H groups in total. The van der Waals surface area contributed by atoms with Gasteiger partial charge in [0.25, 0.3) is 0 Å². The second kappa shape index (κ2) is 6.08. The molecular weight excluding hydrogens is 260 g/mol. The Morgan fingerprint density at radius 2 is 2.10 bits per heavy atom. The molecule has 0 radical (unpaired) electrons. The molecule has 1 fully saturated rings. The fourth-order valence-corrected chi connectivity index (χ4v) is 2.76. The van der Waals surface area contributed by atoms with Crippen LogP contribution in [0.15, 0.2) is 22.6 Å². The first-order valence-electron chi connectivity index (χ1n) is 8.36. The smallest absolute Gasteiger partial charge is 0.198 e. The van der Waals surface area contributed by atoms with Crippen molar-refractivity contribution in [2.45, 2.75) is 64.8 Å². The fraction of sp³-hybridized carbons (Fsp3) is 0.611. The van der Waals surface area contributed by atoms with Gasteiger partial charge in [0.2, 0.25) is 0 Å². The summed E-state index contributed by atoms with van der Waals surface area (Å²) in [6.45, 7) is 6.84. The summed E-state index contributed by atoms with van der Waals surface area (Å²) in [5.41, 5.74) is 3.06. The number of anilines is 1. The van der Waals surface area contributed by atoms with E-state index in [-0.39, 0.29) is 0 Å². The second-order valence-electron chi connectivity index (χ2n) is 6.51. The van der Waals surface area contributed by atoms with Crippen molar-refractivity contribution in [3.63, 3.8) is 0 Å². The van der Waals surface area contributed by atoms with E-state index in [4.69, 9.17) is 4.42 Å². The van der Waals surface area contributed by atoms with E-state index in [1.807, 2.05) is 6.07 Å². The molecule has 21 heavy (non-hydrogen) atoms. The van der Waals surface area contributed by atoms with Gasteiger partial charge in [-0.05, 0) is 49.8 Å². The highest BCUT2D eigenvalue weighted by Gasteiger charge is 2.28. The predicted molar refractivity (Wildman–Crippen MR) is 87.8 cm³/mol. The molecule has 0 saturated heterocycles. The molecule has 1 aliphatic carbocycles. The summed E-state index contributed by atoms with van der Waals surface area (Å²) in [6, 6.07) is 6.83. The van der Waals surface area contributed by atoms with Gasteiger partial charge in [-0.1, -0.05) is 27.2 Å². The van der Waals surface area contributed by atoms with Crippen molar-refractivity contribution in [2.24, 2.45) is 5.92 Å². The largest absolute Gasteiger partial charge is 0.440 e. The minimum absolute atomic E-state index is 0.534. The molecule has 2 atom stereocenters. The number of nitrogens with zero attached hydrogens (tertiary/aromatic N) is 1. The Morgan fingerprint density at radius 1 is 1.29 bits per heavy atom. The maximum absolute atomic E-state index is 5.82. The maximum atomic E-state index is 5.82. The minimum Gasteiger partial charge on any atom is -0.440 e. The lowest BCUT2D eigenvalue weighted by Crippen LogP contribution is -2.21. The molecule has 0 amide bonds. The highest BCUT2D eigenvalue weighted by molar-refractivity contribution is 5.77. The van der Waals surface area contributed by atoms with E-state index in [1.165, 1.54) is 25.7 Å². The van der Waals surface area contributed by atoms with Crippen LogP contribution >= 0.6 is 0 Å². The van der Waals surface area contributed by atoms with Crippen LogP contribution in [0, 0.1) is 5.92 Å². The quantitative estimate of drug-likeness (QED) is 0.747. The predicted octanol–water partition coefficient (Wildman–Crippen LogP) is 5.33. The first kappa shape index (κ1) is 14.4. The van der Waals surface area contributed by atoms with Crippen LogP contribution in [0.4, 0.5) is 5.69 Å². The molecule has 1 saturated carbocycles. The second-order valence-corrected chi connectivity index (χ2v) is 6.51. The molecule has 2 aromatic rings. The van der Waals surface area contributed by atoms with Crippen molar-refractivity contribution >= 4 is 16.8 Å². The van der Waals surface area contributed by atoms with Crippen molar-refractivity contribution in [1.29, 1.82) is 0 Å². The van der Waals surface area contributed by atoms with Gasteiger partial charge in [0, 0.05) is 17.6 Å². The van der Waals surface area contributed by atoms with Crippen molar-refractivity contribution in [1.82, 2.24) is 4.98 Å². The number of rotatable bonds is 7. The molecule has 3 rings (SSSR count). The lowest BCUT2D eigenvalue weighted by molar-refractivity contribution is 0.462. The van der Waals surface area contributed by atoms with Crippen LogP contribution in [0.1, 0.15) is 64.7 Å². The third-order valence-corrected chi connectivity index (χ3v) is 4.58. The molecule has 0 aliphatic heterocycles. The van der Waals surface area contributed by atoms with E-state index < -0.39 is 0 Å².